The predicted molar refractivity (Wildman–Crippen MR) is 106 cm³/mol. The summed E-state index contributed by atoms with van der Waals surface area (Å²) < 4.78 is 10.9. The zero-order chi connectivity index (χ0) is 20.8. The normalized spacial score (nSPS) is 11.8. The van der Waals surface area contributed by atoms with Crippen LogP contribution in [0, 0.1) is 13.8 Å². The summed E-state index contributed by atoms with van der Waals surface area (Å²) in [6.45, 7) is 8.91. The van der Waals surface area contributed by atoms with Crippen LogP contribution in [0.2, 0.25) is 0 Å². The number of H-pyrrole nitrogens is 1. The zero-order valence-corrected chi connectivity index (χ0v) is 17.0. The smallest absolute Gasteiger partial charge is 0.306 e. The van der Waals surface area contributed by atoms with E-state index < -0.39 is 12.1 Å². The Morgan fingerprint density at radius 1 is 1.14 bits per heavy atom. The van der Waals surface area contributed by atoms with Gasteiger partial charge in [-0.2, -0.15) is 0 Å². The maximum Gasteiger partial charge on any atom is 0.306 e. The Bertz CT molecular complexity index is 881. The van der Waals surface area contributed by atoms with Gasteiger partial charge in [0.25, 0.3) is 0 Å². The molecule has 0 aliphatic heterocycles. The van der Waals surface area contributed by atoms with Crippen LogP contribution < -0.4 is 4.74 Å². The van der Waals surface area contributed by atoms with E-state index >= 15 is 0 Å². The minimum absolute atomic E-state index is 0.108. The summed E-state index contributed by atoms with van der Waals surface area (Å²) >= 11 is 0. The van der Waals surface area contributed by atoms with Crippen molar-refractivity contribution >= 4 is 17.5 Å². The van der Waals surface area contributed by atoms with Crippen LogP contribution in [0.25, 0.3) is 0 Å². The lowest BCUT2D eigenvalue weighted by molar-refractivity contribution is -0.146. The Hall–Kier alpha value is -2.89. The zero-order valence-electron chi connectivity index (χ0n) is 17.0. The number of aryl methyl sites for hydroxylation is 2. The fourth-order valence-electron chi connectivity index (χ4n) is 3.28. The summed E-state index contributed by atoms with van der Waals surface area (Å²) in [5, 5.41) is 0. The number of para-hydroxylation sites is 1. The fourth-order valence-corrected chi connectivity index (χ4v) is 3.28. The number of rotatable bonds is 9. The molecule has 1 N–H and O–H groups in total. The number of benzene rings is 1. The first-order chi connectivity index (χ1) is 13.3. The third-order valence-electron chi connectivity index (χ3n) is 4.58. The Morgan fingerprint density at radius 2 is 1.82 bits per heavy atom. The highest BCUT2D eigenvalue weighted by Gasteiger charge is 2.25. The van der Waals surface area contributed by atoms with Crippen molar-refractivity contribution in [3.8, 4) is 5.75 Å². The fraction of sp³-hybridized carbons (Fsp3) is 0.409. The number of ether oxygens (including phenoxy) is 2. The van der Waals surface area contributed by atoms with E-state index in [9.17, 15) is 14.4 Å². The molecule has 1 aromatic heterocycles. The van der Waals surface area contributed by atoms with Crippen molar-refractivity contribution in [1.29, 1.82) is 0 Å². The topological polar surface area (TPSA) is 85.5 Å². The monoisotopic (exact) mass is 385 g/mol. The lowest BCUT2D eigenvalue weighted by Gasteiger charge is -2.13. The molecule has 0 amide bonds. The minimum Gasteiger partial charge on any atom is -0.494 e. The predicted octanol–water partition coefficient (Wildman–Crippen LogP) is 3.98. The second-order valence-corrected chi connectivity index (χ2v) is 6.72. The van der Waals surface area contributed by atoms with Crippen molar-refractivity contribution in [2.24, 2.45) is 0 Å². The van der Waals surface area contributed by atoms with Gasteiger partial charge in [0.15, 0.2) is 11.9 Å². The molecule has 150 valence electrons. The number of aromatic amines is 1. The summed E-state index contributed by atoms with van der Waals surface area (Å²) in [6.07, 6.45) is -0.333. The van der Waals surface area contributed by atoms with Crippen molar-refractivity contribution in [2.45, 2.75) is 53.6 Å². The van der Waals surface area contributed by atoms with E-state index in [1.54, 1.807) is 13.8 Å². The first-order valence-electron chi connectivity index (χ1n) is 9.40. The largest absolute Gasteiger partial charge is 0.494 e. The molecule has 0 saturated heterocycles. The lowest BCUT2D eigenvalue weighted by Crippen LogP contribution is -2.25. The summed E-state index contributed by atoms with van der Waals surface area (Å²) in [4.78, 5) is 39.6. The number of hydrogen-bond donors (Lipinski definition) is 1. The first kappa shape index (κ1) is 21.4. The van der Waals surface area contributed by atoms with E-state index in [-0.39, 0.29) is 18.0 Å². The molecule has 0 saturated carbocycles. The molecule has 6 heteroatoms. The molecule has 0 radical (unpaired) electrons. The molecule has 0 aliphatic carbocycles. The number of hydrogen-bond acceptors (Lipinski definition) is 5. The number of Topliss-reactive ketones (excluding diaryl/α,β-unsaturated/α-hetero) is 2. The SMILES string of the molecule is CCOc1ccccc1CCC(=O)O[C@H](C)C(=O)c1[nH]c(C)c(C(C)=O)c1C. The Morgan fingerprint density at radius 3 is 2.43 bits per heavy atom. The van der Waals surface area contributed by atoms with Crippen molar-refractivity contribution in [2.75, 3.05) is 6.61 Å². The second-order valence-electron chi connectivity index (χ2n) is 6.72. The van der Waals surface area contributed by atoms with Crippen LogP contribution in [0.3, 0.4) is 0 Å². The van der Waals surface area contributed by atoms with Gasteiger partial charge in [0, 0.05) is 17.7 Å². The summed E-state index contributed by atoms with van der Waals surface area (Å²) in [5.74, 6) is -0.171. The molecule has 0 aliphatic rings. The van der Waals surface area contributed by atoms with Gasteiger partial charge >= 0.3 is 5.97 Å². The highest BCUT2D eigenvalue weighted by Crippen LogP contribution is 2.22. The Kier molecular flexibility index (Phi) is 7.15. The van der Waals surface area contributed by atoms with Crippen molar-refractivity contribution in [3.63, 3.8) is 0 Å². The van der Waals surface area contributed by atoms with E-state index in [0.717, 1.165) is 11.3 Å². The molecule has 1 heterocycles. The molecule has 1 atom stereocenters. The van der Waals surface area contributed by atoms with Gasteiger partial charge in [0.05, 0.1) is 12.3 Å². The van der Waals surface area contributed by atoms with Gasteiger partial charge < -0.3 is 14.5 Å². The van der Waals surface area contributed by atoms with Crippen molar-refractivity contribution in [1.82, 2.24) is 4.98 Å². The highest BCUT2D eigenvalue weighted by atomic mass is 16.5. The van der Waals surface area contributed by atoms with Gasteiger partial charge in [0.2, 0.25) is 5.78 Å². The highest BCUT2D eigenvalue weighted by molar-refractivity contribution is 6.05. The molecule has 1 aromatic carbocycles. The van der Waals surface area contributed by atoms with Crippen molar-refractivity contribution in [3.05, 3.63) is 52.3 Å². The van der Waals surface area contributed by atoms with Crippen LogP contribution in [0.1, 0.15) is 64.9 Å². The lowest BCUT2D eigenvalue weighted by atomic mass is 10.0. The number of ketones is 2. The average Bonchev–Trinajstić information content (AvgIpc) is 2.94. The summed E-state index contributed by atoms with van der Waals surface area (Å²) in [6, 6.07) is 7.53. The molecule has 6 nitrogen and oxygen atoms in total. The number of carbonyl (C=O) groups excluding carboxylic acids is 3. The molecule has 0 fully saturated rings. The van der Waals surface area contributed by atoms with Gasteiger partial charge in [0.1, 0.15) is 5.75 Å². The van der Waals surface area contributed by atoms with E-state index in [1.807, 2.05) is 31.2 Å². The number of aromatic nitrogens is 1. The number of nitrogens with one attached hydrogen (secondary N) is 1. The van der Waals surface area contributed by atoms with Crippen LogP contribution >= 0.6 is 0 Å². The third-order valence-corrected chi connectivity index (χ3v) is 4.58. The molecular formula is C22H27NO5. The summed E-state index contributed by atoms with van der Waals surface area (Å²) in [7, 11) is 0. The van der Waals surface area contributed by atoms with E-state index in [1.165, 1.54) is 13.8 Å². The quantitative estimate of drug-likeness (QED) is 0.521. The van der Waals surface area contributed by atoms with E-state index in [4.69, 9.17) is 9.47 Å². The maximum atomic E-state index is 12.7. The van der Waals surface area contributed by atoms with E-state index in [2.05, 4.69) is 4.98 Å². The van der Waals surface area contributed by atoms with Crippen LogP contribution in [-0.2, 0) is 16.0 Å². The second kappa shape index (κ2) is 9.35. The van der Waals surface area contributed by atoms with Gasteiger partial charge in [-0.3, -0.25) is 14.4 Å². The first-order valence-corrected chi connectivity index (χ1v) is 9.40. The van der Waals surface area contributed by atoms with Gasteiger partial charge in [-0.25, -0.2) is 0 Å². The van der Waals surface area contributed by atoms with Crippen LogP contribution in [0.15, 0.2) is 24.3 Å². The standard InChI is InChI=1S/C22H27NO5/c1-6-27-18-10-8-7-9-17(18)11-12-19(25)28-16(5)22(26)21-13(2)20(15(4)24)14(3)23-21/h7-10,16,23H,6,11-12H2,1-5H3/t16-/m1/s1. The number of esters is 1. The molecular weight excluding hydrogens is 358 g/mol. The van der Waals surface area contributed by atoms with Crippen LogP contribution in [0.5, 0.6) is 5.75 Å². The van der Waals surface area contributed by atoms with Gasteiger partial charge in [-0.15, -0.1) is 0 Å². The maximum absolute atomic E-state index is 12.7. The number of carbonyl (C=O) groups is 3. The molecule has 0 unspecified atom stereocenters. The minimum atomic E-state index is -0.939. The Balaban J connectivity index is 2.00. The average molecular weight is 385 g/mol. The Labute approximate surface area is 165 Å². The van der Waals surface area contributed by atoms with Gasteiger partial charge in [-0.1, -0.05) is 18.2 Å². The molecule has 2 aromatic rings. The molecule has 0 spiro atoms. The molecule has 2 rings (SSSR count). The summed E-state index contributed by atoms with van der Waals surface area (Å²) in [5.41, 5.74) is 2.96. The molecule has 28 heavy (non-hydrogen) atoms. The third kappa shape index (κ3) is 4.88. The van der Waals surface area contributed by atoms with Crippen molar-refractivity contribution < 1.29 is 23.9 Å². The van der Waals surface area contributed by atoms with Gasteiger partial charge in [-0.05, 0) is 58.2 Å². The van der Waals surface area contributed by atoms with Crippen LogP contribution in [-0.4, -0.2) is 35.2 Å². The van der Waals surface area contributed by atoms with Crippen LogP contribution in [0.4, 0.5) is 0 Å². The molecule has 0 bridgehead atoms. The van der Waals surface area contributed by atoms with E-state index in [0.29, 0.717) is 35.5 Å².